The lowest BCUT2D eigenvalue weighted by Crippen LogP contribution is -2.25. The molecule has 0 N–H and O–H groups in total. The molecule has 4 unspecified atom stereocenters. The van der Waals surface area contributed by atoms with Gasteiger partial charge >= 0.3 is 0 Å². The molecule has 2 heteroatoms. The van der Waals surface area contributed by atoms with Crippen LogP contribution in [0.1, 0.15) is 20.3 Å². The van der Waals surface area contributed by atoms with Crippen molar-refractivity contribution in [3.63, 3.8) is 0 Å². The Bertz CT molecular complexity index is 278. The Hall–Kier alpha value is -0.920. The molecule has 2 rings (SSSR count). The van der Waals surface area contributed by atoms with Gasteiger partial charge in [-0.1, -0.05) is 12.2 Å². The van der Waals surface area contributed by atoms with Gasteiger partial charge in [0, 0.05) is 18.4 Å². The molecule has 0 aromatic rings. The van der Waals surface area contributed by atoms with Gasteiger partial charge in [0.15, 0.2) is 0 Å². The molecule has 2 aliphatic carbocycles. The molecule has 2 bridgehead atoms. The number of nitrogens with zero attached hydrogens (tertiary/aromatic N) is 2. The van der Waals surface area contributed by atoms with E-state index in [-0.39, 0.29) is 0 Å². The number of rotatable bonds is 3. The molecule has 0 saturated heterocycles. The Balaban J connectivity index is 2.09. The highest BCUT2D eigenvalue weighted by Crippen LogP contribution is 2.45. The van der Waals surface area contributed by atoms with Crippen LogP contribution in [0.15, 0.2) is 22.1 Å². The minimum absolute atomic E-state index is 0.499. The highest BCUT2D eigenvalue weighted by molar-refractivity contribution is 5.54. The smallest absolute Gasteiger partial charge is 0.0609 e. The largest absolute Gasteiger partial charge is 0.297 e. The highest BCUT2D eigenvalue weighted by Gasteiger charge is 2.43. The molecule has 2 nitrogen and oxygen atoms in total. The molecule has 0 spiro atoms. The number of aliphatic imine (C=N–C) groups is 2. The molecule has 1 fully saturated rings. The molecule has 0 aliphatic heterocycles. The zero-order valence-electron chi connectivity index (χ0n) is 8.93. The fourth-order valence-electron chi connectivity index (χ4n) is 2.76. The maximum absolute atomic E-state index is 4.59. The van der Waals surface area contributed by atoms with Crippen LogP contribution in [-0.4, -0.2) is 25.0 Å². The summed E-state index contributed by atoms with van der Waals surface area (Å²) in [7, 11) is 0. The minimum Gasteiger partial charge on any atom is -0.297 e. The van der Waals surface area contributed by atoms with Crippen LogP contribution < -0.4 is 0 Å². The molecular formula is C12H18N2. The molecule has 0 radical (unpaired) electrons. The van der Waals surface area contributed by atoms with Gasteiger partial charge in [-0.25, -0.2) is 0 Å². The Labute approximate surface area is 85.8 Å². The summed E-state index contributed by atoms with van der Waals surface area (Å²) in [5.41, 5.74) is 0. The predicted octanol–water partition coefficient (Wildman–Crippen LogP) is 2.36. The standard InChI is InChI=1S/C12H18N2/c1-3-13-8-11-9-5-6-10(7-9)12(11)14-4-2/h3-6,9-12H,7-8H2,1-2H3. The topological polar surface area (TPSA) is 24.7 Å². The van der Waals surface area contributed by atoms with Gasteiger partial charge in [-0.05, 0) is 38.6 Å². The molecule has 0 aromatic carbocycles. The second kappa shape index (κ2) is 4.07. The van der Waals surface area contributed by atoms with Crippen LogP contribution in [-0.2, 0) is 0 Å². The van der Waals surface area contributed by atoms with Crippen LogP contribution in [0.2, 0.25) is 0 Å². The second-order valence-electron chi connectivity index (χ2n) is 4.13. The lowest BCUT2D eigenvalue weighted by Gasteiger charge is -2.23. The van der Waals surface area contributed by atoms with E-state index in [0.29, 0.717) is 17.9 Å². The van der Waals surface area contributed by atoms with E-state index in [2.05, 4.69) is 22.1 Å². The first-order valence-electron chi connectivity index (χ1n) is 5.47. The summed E-state index contributed by atoms with van der Waals surface area (Å²) in [6.07, 6.45) is 9.85. The van der Waals surface area contributed by atoms with Crippen molar-refractivity contribution in [3.8, 4) is 0 Å². The zero-order chi connectivity index (χ0) is 9.97. The van der Waals surface area contributed by atoms with E-state index in [1.54, 1.807) is 0 Å². The average Bonchev–Trinajstić information content (AvgIpc) is 2.76. The quantitative estimate of drug-likeness (QED) is 0.482. The lowest BCUT2D eigenvalue weighted by molar-refractivity contribution is 0.407. The number of fused-ring (bicyclic) bond motifs is 2. The van der Waals surface area contributed by atoms with Crippen molar-refractivity contribution in [2.75, 3.05) is 6.54 Å². The lowest BCUT2D eigenvalue weighted by atomic mass is 9.89. The first-order chi connectivity index (χ1) is 6.86. The van der Waals surface area contributed by atoms with Crippen LogP contribution >= 0.6 is 0 Å². The van der Waals surface area contributed by atoms with Gasteiger partial charge in [0.25, 0.3) is 0 Å². The molecule has 1 saturated carbocycles. The first-order valence-corrected chi connectivity index (χ1v) is 5.47. The predicted molar refractivity (Wildman–Crippen MR) is 61.2 cm³/mol. The summed E-state index contributed by atoms with van der Waals surface area (Å²) in [4.78, 5) is 8.96. The normalized spacial score (nSPS) is 40.7. The van der Waals surface area contributed by atoms with Gasteiger partial charge in [0.1, 0.15) is 0 Å². The molecule has 2 aliphatic rings. The van der Waals surface area contributed by atoms with E-state index < -0.39 is 0 Å². The van der Waals surface area contributed by atoms with E-state index in [0.717, 1.165) is 12.5 Å². The molecular weight excluding hydrogens is 172 g/mol. The Morgan fingerprint density at radius 2 is 2.00 bits per heavy atom. The fourth-order valence-corrected chi connectivity index (χ4v) is 2.76. The molecule has 0 heterocycles. The van der Waals surface area contributed by atoms with E-state index in [1.165, 1.54) is 6.42 Å². The molecule has 0 aromatic heterocycles. The Morgan fingerprint density at radius 3 is 2.71 bits per heavy atom. The second-order valence-corrected chi connectivity index (χ2v) is 4.13. The highest BCUT2D eigenvalue weighted by atomic mass is 14.9. The summed E-state index contributed by atoms with van der Waals surface area (Å²) in [6, 6.07) is 0.499. The minimum atomic E-state index is 0.499. The van der Waals surface area contributed by atoms with Gasteiger partial charge in [-0.15, -0.1) is 0 Å². The van der Waals surface area contributed by atoms with Crippen LogP contribution in [0.5, 0.6) is 0 Å². The van der Waals surface area contributed by atoms with Gasteiger partial charge in [-0.2, -0.15) is 0 Å². The van der Waals surface area contributed by atoms with Gasteiger partial charge in [0.05, 0.1) is 6.04 Å². The van der Waals surface area contributed by atoms with Crippen LogP contribution in [0.3, 0.4) is 0 Å². The fraction of sp³-hybridized carbons (Fsp3) is 0.667. The summed E-state index contributed by atoms with van der Waals surface area (Å²) >= 11 is 0. The van der Waals surface area contributed by atoms with Crippen molar-refractivity contribution < 1.29 is 0 Å². The molecule has 0 amide bonds. The van der Waals surface area contributed by atoms with Crippen molar-refractivity contribution in [3.05, 3.63) is 12.2 Å². The van der Waals surface area contributed by atoms with Crippen LogP contribution in [0.25, 0.3) is 0 Å². The Kier molecular flexibility index (Phi) is 2.80. The van der Waals surface area contributed by atoms with Gasteiger partial charge in [-0.3, -0.25) is 9.98 Å². The summed E-state index contributed by atoms with van der Waals surface area (Å²) in [6.45, 7) is 4.95. The molecule has 76 valence electrons. The summed E-state index contributed by atoms with van der Waals surface area (Å²) in [5.74, 6) is 2.07. The van der Waals surface area contributed by atoms with Crippen molar-refractivity contribution in [1.29, 1.82) is 0 Å². The van der Waals surface area contributed by atoms with Crippen molar-refractivity contribution >= 4 is 12.4 Å². The summed E-state index contributed by atoms with van der Waals surface area (Å²) in [5, 5.41) is 0. The van der Waals surface area contributed by atoms with E-state index >= 15 is 0 Å². The molecule has 14 heavy (non-hydrogen) atoms. The Morgan fingerprint density at radius 1 is 1.21 bits per heavy atom. The first kappa shape index (κ1) is 9.63. The van der Waals surface area contributed by atoms with Crippen molar-refractivity contribution in [1.82, 2.24) is 0 Å². The third kappa shape index (κ3) is 1.54. The van der Waals surface area contributed by atoms with Crippen molar-refractivity contribution in [2.45, 2.75) is 26.3 Å². The third-order valence-electron chi connectivity index (χ3n) is 3.40. The van der Waals surface area contributed by atoms with Crippen LogP contribution in [0, 0.1) is 17.8 Å². The van der Waals surface area contributed by atoms with E-state index in [4.69, 9.17) is 0 Å². The zero-order valence-corrected chi connectivity index (χ0v) is 8.93. The number of allylic oxidation sites excluding steroid dienone is 1. The van der Waals surface area contributed by atoms with Crippen LogP contribution in [0.4, 0.5) is 0 Å². The molecule has 4 atom stereocenters. The summed E-state index contributed by atoms with van der Waals surface area (Å²) < 4.78 is 0. The third-order valence-corrected chi connectivity index (χ3v) is 3.40. The van der Waals surface area contributed by atoms with E-state index in [1.807, 2.05) is 26.3 Å². The average molecular weight is 190 g/mol. The van der Waals surface area contributed by atoms with Crippen molar-refractivity contribution in [2.24, 2.45) is 27.7 Å². The van der Waals surface area contributed by atoms with Gasteiger partial charge < -0.3 is 0 Å². The maximum Gasteiger partial charge on any atom is 0.0609 e. The van der Waals surface area contributed by atoms with E-state index in [9.17, 15) is 0 Å². The number of hydrogen-bond acceptors (Lipinski definition) is 2. The van der Waals surface area contributed by atoms with Gasteiger partial charge in [0.2, 0.25) is 0 Å². The monoisotopic (exact) mass is 190 g/mol. The maximum atomic E-state index is 4.59. The number of hydrogen-bond donors (Lipinski definition) is 0. The SMILES string of the molecule is CC=NCC1C2C=CC(C2)C1N=CC.